The van der Waals surface area contributed by atoms with E-state index in [4.69, 9.17) is 25.8 Å². The number of carbonyl (C=O) groups is 1. The predicted octanol–water partition coefficient (Wildman–Crippen LogP) is 4.71. The van der Waals surface area contributed by atoms with Gasteiger partial charge in [0.1, 0.15) is 11.5 Å². The first-order valence-corrected chi connectivity index (χ1v) is 6.94. The molecule has 0 unspecified atom stereocenters. The highest BCUT2D eigenvalue weighted by Crippen LogP contribution is 2.24. The van der Waals surface area contributed by atoms with Crippen LogP contribution in [-0.4, -0.2) is 12.8 Å². The number of ether oxygens (including phenoxy) is 3. The van der Waals surface area contributed by atoms with E-state index >= 15 is 0 Å². The van der Waals surface area contributed by atoms with Gasteiger partial charge in [0.15, 0.2) is 5.75 Å². The Balaban J connectivity index is 1.92. The maximum absolute atomic E-state index is 11.7. The molecule has 0 fully saturated rings. The van der Waals surface area contributed by atoms with Gasteiger partial charge in [0, 0.05) is 0 Å². The van der Waals surface area contributed by atoms with Gasteiger partial charge in [-0.15, -0.1) is 0 Å². The topological polar surface area (TPSA) is 44.8 Å². The van der Waals surface area contributed by atoms with Crippen LogP contribution in [0.4, 0.5) is 4.79 Å². The highest BCUT2D eigenvalue weighted by molar-refractivity contribution is 6.32. The molecule has 0 heterocycles. The molecule has 0 atom stereocenters. The minimum Gasteiger partial charge on any atom is -0.494 e. The molecule has 0 amide bonds. The van der Waals surface area contributed by atoms with Crippen LogP contribution >= 0.6 is 11.6 Å². The van der Waals surface area contributed by atoms with Crippen LogP contribution in [0.2, 0.25) is 5.02 Å². The number of halogens is 1. The second-order valence-corrected chi connectivity index (χ2v) is 4.61. The molecule has 2 aromatic carbocycles. The summed E-state index contributed by atoms with van der Waals surface area (Å²) in [4.78, 5) is 11.7. The average Bonchev–Trinajstić information content (AvgIpc) is 2.49. The maximum Gasteiger partial charge on any atom is 0.519 e. The molecule has 0 aliphatic heterocycles. The summed E-state index contributed by atoms with van der Waals surface area (Å²) in [6, 6.07) is 13.4. The molecule has 0 radical (unpaired) electrons. The molecule has 0 saturated heterocycles. The fourth-order valence-electron chi connectivity index (χ4n) is 1.56. The van der Waals surface area contributed by atoms with E-state index in [1.807, 2.05) is 6.92 Å². The van der Waals surface area contributed by atoms with E-state index in [0.717, 1.165) is 12.2 Å². The van der Waals surface area contributed by atoms with Crippen LogP contribution in [0.5, 0.6) is 17.2 Å². The Hall–Kier alpha value is -2.20. The number of para-hydroxylation sites is 1. The van der Waals surface area contributed by atoms with Gasteiger partial charge < -0.3 is 14.2 Å². The molecule has 2 aromatic rings. The lowest BCUT2D eigenvalue weighted by Gasteiger charge is -2.08. The van der Waals surface area contributed by atoms with Crippen molar-refractivity contribution in [1.29, 1.82) is 0 Å². The predicted molar refractivity (Wildman–Crippen MR) is 80.3 cm³/mol. The summed E-state index contributed by atoms with van der Waals surface area (Å²) in [5, 5.41) is 0.345. The molecule has 4 nitrogen and oxygen atoms in total. The van der Waals surface area contributed by atoms with Crippen LogP contribution in [0.25, 0.3) is 0 Å². The lowest BCUT2D eigenvalue weighted by atomic mass is 10.3. The van der Waals surface area contributed by atoms with Gasteiger partial charge in [-0.3, -0.25) is 0 Å². The van der Waals surface area contributed by atoms with Crippen LogP contribution in [0.1, 0.15) is 13.3 Å². The number of hydrogen-bond donors (Lipinski definition) is 0. The standard InChI is InChI=1S/C16H15ClO4/c1-2-11-19-12-7-9-13(10-8-12)20-16(18)21-15-6-4-3-5-14(15)17/h3-10H,2,11H2,1H3. The van der Waals surface area contributed by atoms with Gasteiger partial charge in [-0.2, -0.15) is 0 Å². The second kappa shape index (κ2) is 7.55. The fraction of sp³-hybridized carbons (Fsp3) is 0.188. The molecular formula is C16H15ClO4. The van der Waals surface area contributed by atoms with Crippen molar-refractivity contribution in [2.24, 2.45) is 0 Å². The summed E-state index contributed by atoms with van der Waals surface area (Å²) in [6.07, 6.45) is 0.0907. The van der Waals surface area contributed by atoms with Crippen molar-refractivity contribution >= 4 is 17.8 Å². The lowest BCUT2D eigenvalue weighted by molar-refractivity contribution is 0.152. The van der Waals surface area contributed by atoms with E-state index in [1.54, 1.807) is 48.5 Å². The van der Waals surface area contributed by atoms with Crippen molar-refractivity contribution in [2.45, 2.75) is 13.3 Å². The zero-order chi connectivity index (χ0) is 15.1. The fourth-order valence-corrected chi connectivity index (χ4v) is 1.73. The summed E-state index contributed by atoms with van der Waals surface area (Å²) in [6.45, 7) is 2.68. The highest BCUT2D eigenvalue weighted by Gasteiger charge is 2.10. The average molecular weight is 307 g/mol. The van der Waals surface area contributed by atoms with E-state index in [0.29, 0.717) is 17.4 Å². The van der Waals surface area contributed by atoms with E-state index < -0.39 is 6.16 Å². The van der Waals surface area contributed by atoms with Crippen LogP contribution in [-0.2, 0) is 0 Å². The maximum atomic E-state index is 11.7. The first kappa shape index (κ1) is 15.2. The van der Waals surface area contributed by atoms with Gasteiger partial charge in [0.25, 0.3) is 0 Å². The Kier molecular flexibility index (Phi) is 5.46. The van der Waals surface area contributed by atoms with Gasteiger partial charge in [0.05, 0.1) is 11.6 Å². The van der Waals surface area contributed by atoms with Gasteiger partial charge >= 0.3 is 6.16 Å². The third-order valence-corrected chi connectivity index (χ3v) is 2.84. The Bertz CT molecular complexity index is 595. The molecule has 0 aliphatic rings. The van der Waals surface area contributed by atoms with Crippen LogP contribution in [0.3, 0.4) is 0 Å². The van der Waals surface area contributed by atoms with Crippen LogP contribution < -0.4 is 14.2 Å². The monoisotopic (exact) mass is 306 g/mol. The summed E-state index contributed by atoms with van der Waals surface area (Å²) in [5.74, 6) is 1.35. The van der Waals surface area contributed by atoms with E-state index in [1.165, 1.54) is 0 Å². The van der Waals surface area contributed by atoms with E-state index in [2.05, 4.69) is 0 Å². The Morgan fingerprint density at radius 2 is 1.67 bits per heavy atom. The largest absolute Gasteiger partial charge is 0.519 e. The first-order valence-electron chi connectivity index (χ1n) is 6.56. The second-order valence-electron chi connectivity index (χ2n) is 4.20. The Morgan fingerprint density at radius 3 is 2.33 bits per heavy atom. The SMILES string of the molecule is CCCOc1ccc(OC(=O)Oc2ccccc2Cl)cc1. The highest BCUT2D eigenvalue weighted by atomic mass is 35.5. The van der Waals surface area contributed by atoms with Crippen LogP contribution in [0, 0.1) is 0 Å². The van der Waals surface area contributed by atoms with Crippen LogP contribution in [0.15, 0.2) is 48.5 Å². The summed E-state index contributed by atoms with van der Waals surface area (Å²) in [5.41, 5.74) is 0. The van der Waals surface area contributed by atoms with Crippen molar-refractivity contribution in [1.82, 2.24) is 0 Å². The molecule has 0 bridgehead atoms. The van der Waals surface area contributed by atoms with Crippen molar-refractivity contribution < 1.29 is 19.0 Å². The van der Waals surface area contributed by atoms with Gasteiger partial charge in [-0.25, -0.2) is 4.79 Å². The molecule has 5 heteroatoms. The van der Waals surface area contributed by atoms with Crippen molar-refractivity contribution in [3.63, 3.8) is 0 Å². The number of carbonyl (C=O) groups excluding carboxylic acids is 1. The first-order chi connectivity index (χ1) is 10.2. The minimum atomic E-state index is -0.842. The van der Waals surface area contributed by atoms with Crippen molar-refractivity contribution in [3.8, 4) is 17.2 Å². The molecule has 0 spiro atoms. The molecule has 110 valence electrons. The third-order valence-electron chi connectivity index (χ3n) is 2.53. The van der Waals surface area contributed by atoms with Gasteiger partial charge in [0.2, 0.25) is 0 Å². The summed E-state index contributed by atoms with van der Waals surface area (Å²) < 4.78 is 15.5. The molecular weight excluding hydrogens is 292 g/mol. The molecule has 0 saturated carbocycles. The molecule has 21 heavy (non-hydrogen) atoms. The Morgan fingerprint density at radius 1 is 1.00 bits per heavy atom. The number of benzene rings is 2. The normalized spacial score (nSPS) is 10.0. The minimum absolute atomic E-state index is 0.257. The van der Waals surface area contributed by atoms with Crippen molar-refractivity contribution in [3.05, 3.63) is 53.6 Å². The quantitative estimate of drug-likeness (QED) is 0.593. The number of hydrogen-bond acceptors (Lipinski definition) is 4. The zero-order valence-corrected chi connectivity index (χ0v) is 12.3. The zero-order valence-electron chi connectivity index (χ0n) is 11.5. The molecule has 2 rings (SSSR count). The Labute approximate surface area is 128 Å². The molecule has 0 aliphatic carbocycles. The smallest absolute Gasteiger partial charge is 0.494 e. The van der Waals surface area contributed by atoms with Crippen molar-refractivity contribution in [2.75, 3.05) is 6.61 Å². The third kappa shape index (κ3) is 4.68. The summed E-state index contributed by atoms with van der Waals surface area (Å²) in [7, 11) is 0. The molecule has 0 aromatic heterocycles. The van der Waals surface area contributed by atoms with E-state index in [9.17, 15) is 4.79 Å². The summed E-state index contributed by atoms with van der Waals surface area (Å²) >= 11 is 5.89. The molecule has 0 N–H and O–H groups in total. The number of rotatable bonds is 5. The van der Waals surface area contributed by atoms with Gasteiger partial charge in [-0.1, -0.05) is 30.7 Å². The van der Waals surface area contributed by atoms with Gasteiger partial charge in [-0.05, 0) is 42.8 Å². The van der Waals surface area contributed by atoms with E-state index in [-0.39, 0.29) is 5.75 Å². The lowest BCUT2D eigenvalue weighted by Crippen LogP contribution is -2.13.